The molecule has 0 saturated heterocycles. The van der Waals surface area contributed by atoms with E-state index in [1.165, 1.54) is 97.7 Å². The number of halogens is 3. The van der Waals surface area contributed by atoms with Gasteiger partial charge in [0.25, 0.3) is 0 Å². The molecule has 0 spiro atoms. The van der Waals surface area contributed by atoms with Crippen LogP contribution in [0.2, 0.25) is 0 Å². The van der Waals surface area contributed by atoms with Crippen LogP contribution in [0.15, 0.2) is 72.8 Å². The van der Waals surface area contributed by atoms with E-state index in [0.717, 1.165) is 16.7 Å². The number of benzene rings is 3. The van der Waals surface area contributed by atoms with Gasteiger partial charge in [-0.1, -0.05) is 49.2 Å². The van der Waals surface area contributed by atoms with Crippen molar-refractivity contribution in [3.8, 4) is 0 Å². The minimum absolute atomic E-state index is 0.0777. The van der Waals surface area contributed by atoms with Crippen molar-refractivity contribution >= 4 is 7.32 Å². The molecule has 0 unspecified atom stereocenters. The molecule has 0 fully saturated rings. The molecule has 0 bridgehead atoms. The zero-order chi connectivity index (χ0) is 36.9. The summed E-state index contributed by atoms with van der Waals surface area (Å²) in [6.45, 7) is 28.5. The maximum absolute atomic E-state index is 13.7. The third-order valence-electron chi connectivity index (χ3n) is 10.8. The van der Waals surface area contributed by atoms with Crippen molar-refractivity contribution in [1.29, 1.82) is 0 Å². The van der Waals surface area contributed by atoms with E-state index >= 15 is 0 Å². The molecule has 0 aromatic heterocycles. The second-order valence-corrected chi connectivity index (χ2v) is 12.6. The van der Waals surface area contributed by atoms with E-state index in [-0.39, 0.29) is 24.1 Å². The molecule has 0 heterocycles. The van der Waals surface area contributed by atoms with Crippen LogP contribution in [0, 0.1) is 17.5 Å². The highest BCUT2D eigenvalue weighted by Crippen LogP contribution is 2.43. The van der Waals surface area contributed by atoms with E-state index < -0.39 is 12.7 Å². The van der Waals surface area contributed by atoms with Crippen molar-refractivity contribution in [1.82, 2.24) is 0 Å². The van der Waals surface area contributed by atoms with Crippen LogP contribution in [0.25, 0.3) is 0 Å². The predicted molar refractivity (Wildman–Crippen MR) is 194 cm³/mol. The number of nitrogens with zero attached hydrogens (tertiary/aromatic N) is 2. The fraction of sp³-hybridized carbons (Fsp3) is 0.550. The second kappa shape index (κ2) is 22.9. The molecular weight excluding hydrogens is 624 g/mol. The van der Waals surface area contributed by atoms with Gasteiger partial charge in [-0.3, -0.25) is 0 Å². The second-order valence-electron chi connectivity index (χ2n) is 12.6. The molecule has 0 aliphatic carbocycles. The van der Waals surface area contributed by atoms with Crippen molar-refractivity contribution < 1.29 is 36.8 Å². The fourth-order valence-electron chi connectivity index (χ4n) is 6.67. The molecule has 0 aliphatic rings. The topological polar surface area (TPSA) is 55.3 Å². The Morgan fingerprint density at radius 1 is 0.490 bits per heavy atom. The predicted octanol–water partition coefficient (Wildman–Crippen LogP) is 7.49. The van der Waals surface area contributed by atoms with Crippen LogP contribution in [-0.4, -0.2) is 75.3 Å². The number of hydrogen-bond donors (Lipinski definition) is 0. The van der Waals surface area contributed by atoms with Crippen LogP contribution in [0.3, 0.4) is 0 Å². The van der Waals surface area contributed by atoms with E-state index in [1.807, 2.05) is 0 Å². The lowest BCUT2D eigenvalue weighted by Crippen LogP contribution is -2.47. The van der Waals surface area contributed by atoms with Crippen LogP contribution in [0.5, 0.6) is 0 Å². The van der Waals surface area contributed by atoms with E-state index in [1.54, 1.807) is 36.4 Å². The Kier molecular flexibility index (Phi) is 20.7. The molecule has 274 valence electrons. The first kappa shape index (κ1) is 44.3. The van der Waals surface area contributed by atoms with Crippen molar-refractivity contribution in [2.24, 2.45) is 0 Å². The summed E-state index contributed by atoms with van der Waals surface area (Å²) in [5.41, 5.74) is 1.61. The first-order valence-electron chi connectivity index (χ1n) is 18.3. The molecule has 0 saturated carbocycles. The van der Waals surface area contributed by atoms with Crippen molar-refractivity contribution in [3.63, 3.8) is 0 Å². The molecule has 3 rings (SSSR count). The largest absolute Gasteiger partial charge is 0.871 e. The minimum atomic E-state index is -2.29. The van der Waals surface area contributed by atoms with Crippen molar-refractivity contribution in [2.75, 3.05) is 59.0 Å². The Bertz CT molecular complexity index is 1100. The average Bonchev–Trinajstić information content (AvgIpc) is 3.12. The van der Waals surface area contributed by atoms with Gasteiger partial charge >= 0.3 is 0 Å². The summed E-state index contributed by atoms with van der Waals surface area (Å²) in [5, 5.41) is 21.0. The van der Waals surface area contributed by atoms with Crippen molar-refractivity contribution in [2.45, 2.75) is 86.5 Å². The molecule has 0 N–H and O–H groups in total. The van der Waals surface area contributed by atoms with Crippen molar-refractivity contribution in [3.05, 3.63) is 107 Å². The van der Waals surface area contributed by atoms with Crippen LogP contribution in [0.1, 0.15) is 97.8 Å². The summed E-state index contributed by atoms with van der Waals surface area (Å²) in [6.07, 6.45) is 2.46. The lowest BCUT2D eigenvalue weighted by molar-refractivity contribution is -0.921. The molecule has 49 heavy (non-hydrogen) atoms. The van der Waals surface area contributed by atoms with Gasteiger partial charge in [0.2, 0.25) is 0 Å². The quantitative estimate of drug-likeness (QED) is 0.0604. The monoisotopic (exact) mass is 686 g/mol. The van der Waals surface area contributed by atoms with E-state index in [0.29, 0.717) is 25.7 Å². The molecular formula is C40H62BF3N2O3. The Hall–Kier alpha value is -2.69. The zero-order valence-corrected chi connectivity index (χ0v) is 31.5. The van der Waals surface area contributed by atoms with Crippen LogP contribution in [0.4, 0.5) is 13.2 Å². The summed E-state index contributed by atoms with van der Waals surface area (Å²) >= 11 is 0. The lowest BCUT2D eigenvalue weighted by Gasteiger charge is -2.36. The third-order valence-corrected chi connectivity index (χ3v) is 10.8. The van der Waals surface area contributed by atoms with Crippen LogP contribution >= 0.6 is 0 Å². The van der Waals surface area contributed by atoms with Gasteiger partial charge in [-0.25, -0.2) is 13.2 Å². The molecule has 3 aromatic carbocycles. The van der Waals surface area contributed by atoms with Gasteiger partial charge in [0.05, 0.1) is 59.7 Å². The maximum Gasteiger partial charge on any atom is 0.123 e. The van der Waals surface area contributed by atoms with Crippen LogP contribution < -0.4 is 10.0 Å². The first-order valence-corrected chi connectivity index (χ1v) is 18.3. The summed E-state index contributed by atoms with van der Waals surface area (Å²) in [7, 11) is -2.29. The number of unbranched alkanes of at least 4 members (excludes halogenated alkanes) is 2. The lowest BCUT2D eigenvalue weighted by atomic mass is 9.66. The van der Waals surface area contributed by atoms with Gasteiger partial charge in [0, 0.05) is 12.0 Å². The number of rotatable bonds is 18. The van der Waals surface area contributed by atoms with E-state index in [2.05, 4.69) is 60.0 Å². The summed E-state index contributed by atoms with van der Waals surface area (Å²) in [5.74, 6) is -1.13. The van der Waals surface area contributed by atoms with E-state index in [4.69, 9.17) is 0 Å². The first-order chi connectivity index (χ1) is 23.4. The molecule has 5 nitrogen and oxygen atoms in total. The number of hydrogen-bond acceptors (Lipinski definition) is 3. The molecule has 9 heteroatoms. The molecule has 3 aromatic rings. The van der Waals surface area contributed by atoms with Gasteiger partial charge in [-0.15, -0.1) is 0 Å². The molecule has 0 aliphatic heterocycles. The standard InChI is InChI=1S/C24H22BF3O3.2C8H20N/c26-21-10-4-18(5-11-21)24(19-6-12-22(27)13-7-19,20-8-14-23(28)15-9-20)16-2-1-3-17-31-25(29)30;2*1-5-9(6-2,7-3)8-4/h4-15H,1-3,16-17H2;2*5-8H2,1-4H3/q-2;2*+1. The molecule has 0 atom stereocenters. The third kappa shape index (κ3) is 13.5. The smallest absolute Gasteiger partial charge is 0.123 e. The normalized spacial score (nSPS) is 11.7. The highest BCUT2D eigenvalue weighted by atomic mass is 19.1. The van der Waals surface area contributed by atoms with Gasteiger partial charge in [0.1, 0.15) is 17.5 Å². The zero-order valence-electron chi connectivity index (χ0n) is 31.5. The van der Waals surface area contributed by atoms with Crippen LogP contribution in [-0.2, 0) is 10.1 Å². The highest BCUT2D eigenvalue weighted by molar-refractivity contribution is 6.28. The fourth-order valence-corrected chi connectivity index (χ4v) is 6.67. The Morgan fingerprint density at radius 3 is 1.00 bits per heavy atom. The summed E-state index contributed by atoms with van der Waals surface area (Å²) in [4.78, 5) is 0. The molecule has 0 amide bonds. The van der Waals surface area contributed by atoms with E-state index in [9.17, 15) is 23.2 Å². The highest BCUT2D eigenvalue weighted by Gasteiger charge is 2.36. The van der Waals surface area contributed by atoms with Gasteiger partial charge in [-0.2, -0.15) is 0 Å². The molecule has 0 radical (unpaired) electrons. The van der Waals surface area contributed by atoms with Gasteiger partial charge < -0.3 is 23.7 Å². The Labute approximate surface area is 296 Å². The minimum Gasteiger partial charge on any atom is -0.871 e. The van der Waals surface area contributed by atoms with Gasteiger partial charge in [0.15, 0.2) is 0 Å². The maximum atomic E-state index is 13.7. The van der Waals surface area contributed by atoms with Gasteiger partial charge in [-0.05, 0) is 121 Å². The number of quaternary nitrogens is 2. The Morgan fingerprint density at radius 2 is 0.776 bits per heavy atom. The SMILES string of the molecule is CC[N+](CC)(CC)CC.CC[N+](CC)(CC)CC.[O-]B([O-])OCCCCCC(c1ccc(F)cc1)(c1ccc(F)cc1)c1ccc(F)cc1. The Balaban J connectivity index is 0.000000547. The summed E-state index contributed by atoms with van der Waals surface area (Å²) in [6, 6.07) is 18.3. The average molecular weight is 687 g/mol. The summed E-state index contributed by atoms with van der Waals surface area (Å²) < 4.78 is 48.1.